The number of hydrogen-bond donors (Lipinski definition) is 3. The van der Waals surface area contributed by atoms with Gasteiger partial charge in [-0.15, -0.1) is 0 Å². The van der Waals surface area contributed by atoms with Crippen LogP contribution >= 0.6 is 0 Å². The molecule has 0 aliphatic heterocycles. The van der Waals surface area contributed by atoms with Crippen LogP contribution in [0.1, 0.15) is 17.9 Å². The van der Waals surface area contributed by atoms with Gasteiger partial charge in [0, 0.05) is 30.4 Å². The van der Waals surface area contributed by atoms with Crippen molar-refractivity contribution in [3.8, 4) is 0 Å². The van der Waals surface area contributed by atoms with Crippen LogP contribution in [-0.2, 0) is 9.59 Å². The average Bonchev–Trinajstić information content (AvgIpc) is 3.19. The van der Waals surface area contributed by atoms with E-state index in [0.29, 0.717) is 18.1 Å². The summed E-state index contributed by atoms with van der Waals surface area (Å²) in [5.74, 6) is -1.07. The molecule has 0 amide bonds. The van der Waals surface area contributed by atoms with E-state index in [1.807, 2.05) is 18.2 Å². The van der Waals surface area contributed by atoms with Crippen LogP contribution in [0, 0.1) is 12.5 Å². The zero-order valence-corrected chi connectivity index (χ0v) is 14.6. The lowest BCUT2D eigenvalue weighted by Crippen LogP contribution is -2.15. The van der Waals surface area contributed by atoms with Crippen LogP contribution in [0.3, 0.4) is 0 Å². The first-order valence-corrected chi connectivity index (χ1v) is 8.09. The van der Waals surface area contributed by atoms with Gasteiger partial charge in [0.1, 0.15) is 0 Å². The standard InChI is InChI=1S/C15H17N3.C4H4O4/c1-16-11-4-5-15-13(7-11)14(8-17-15)12-6-10(12)9-18(2)3;5-3(6)1-2-4(7)8/h4-5,7-8,10,12,17H,6,9H2,2-3H3;1-2H,(H,5,6)(H,7,8)/b;2-1-/t10-,12+;/m0./s1. The maximum absolute atomic E-state index is 9.55. The molecule has 1 aromatic carbocycles. The van der Waals surface area contributed by atoms with Gasteiger partial charge in [-0.25, -0.2) is 14.4 Å². The van der Waals surface area contributed by atoms with Gasteiger partial charge in [0.2, 0.25) is 0 Å². The van der Waals surface area contributed by atoms with Gasteiger partial charge in [-0.05, 0) is 55.4 Å². The van der Waals surface area contributed by atoms with Gasteiger partial charge < -0.3 is 20.1 Å². The van der Waals surface area contributed by atoms with Crippen molar-refractivity contribution in [1.82, 2.24) is 9.88 Å². The highest BCUT2D eigenvalue weighted by Crippen LogP contribution is 2.49. The minimum Gasteiger partial charge on any atom is -0.478 e. The Morgan fingerprint density at radius 1 is 1.31 bits per heavy atom. The molecule has 1 saturated carbocycles. The summed E-state index contributed by atoms with van der Waals surface area (Å²) in [7, 11) is 4.25. The Morgan fingerprint density at radius 3 is 2.50 bits per heavy atom. The molecule has 0 radical (unpaired) electrons. The molecule has 1 aromatic heterocycles. The number of fused-ring (bicyclic) bond motifs is 1. The number of carboxylic acids is 2. The quantitative estimate of drug-likeness (QED) is 0.565. The summed E-state index contributed by atoms with van der Waals surface area (Å²) >= 11 is 0. The highest BCUT2D eigenvalue weighted by molar-refractivity contribution is 5.89. The number of aliphatic carboxylic acids is 2. The van der Waals surface area contributed by atoms with E-state index in [1.165, 1.54) is 17.4 Å². The van der Waals surface area contributed by atoms with Crippen LogP contribution in [0.4, 0.5) is 5.69 Å². The van der Waals surface area contributed by atoms with E-state index in [4.69, 9.17) is 16.8 Å². The fourth-order valence-electron chi connectivity index (χ4n) is 2.95. The molecule has 0 bridgehead atoms. The number of H-pyrrole nitrogens is 1. The van der Waals surface area contributed by atoms with Gasteiger partial charge >= 0.3 is 11.9 Å². The molecule has 3 N–H and O–H groups in total. The third-order valence-corrected chi connectivity index (χ3v) is 4.12. The molecular formula is C19H21N3O4. The molecule has 0 saturated heterocycles. The lowest BCUT2D eigenvalue weighted by atomic mass is 10.1. The lowest BCUT2D eigenvalue weighted by Gasteiger charge is -2.08. The van der Waals surface area contributed by atoms with Gasteiger partial charge in [-0.3, -0.25) is 0 Å². The van der Waals surface area contributed by atoms with Gasteiger partial charge in [0.05, 0.1) is 6.57 Å². The molecule has 7 nitrogen and oxygen atoms in total. The molecule has 26 heavy (non-hydrogen) atoms. The van der Waals surface area contributed by atoms with Crippen molar-refractivity contribution >= 4 is 28.5 Å². The molecule has 1 aliphatic carbocycles. The number of hydrogen-bond acceptors (Lipinski definition) is 3. The second-order valence-electron chi connectivity index (χ2n) is 6.46. The number of carboxylic acid groups (broad SMARTS) is 2. The first kappa shape index (κ1) is 19.2. The van der Waals surface area contributed by atoms with E-state index in [1.54, 1.807) is 0 Å². The van der Waals surface area contributed by atoms with Crippen molar-refractivity contribution < 1.29 is 19.8 Å². The molecule has 1 heterocycles. The number of aromatic amines is 1. The van der Waals surface area contributed by atoms with E-state index in [2.05, 4.69) is 35.0 Å². The van der Waals surface area contributed by atoms with Gasteiger partial charge in [0.25, 0.3) is 0 Å². The van der Waals surface area contributed by atoms with E-state index >= 15 is 0 Å². The van der Waals surface area contributed by atoms with Crippen LogP contribution in [0.15, 0.2) is 36.5 Å². The zero-order chi connectivity index (χ0) is 19.3. The second kappa shape index (κ2) is 8.32. The smallest absolute Gasteiger partial charge is 0.328 e. The Kier molecular flexibility index (Phi) is 6.15. The molecule has 2 atom stereocenters. The topological polar surface area (TPSA) is 98.0 Å². The summed E-state index contributed by atoms with van der Waals surface area (Å²) in [6.07, 6.45) is 4.51. The molecular weight excluding hydrogens is 334 g/mol. The lowest BCUT2D eigenvalue weighted by molar-refractivity contribution is -0.134. The summed E-state index contributed by atoms with van der Waals surface area (Å²) in [6.45, 7) is 8.26. The van der Waals surface area contributed by atoms with Crippen LogP contribution in [0.5, 0.6) is 0 Å². The summed E-state index contributed by atoms with van der Waals surface area (Å²) in [5, 5.41) is 16.9. The number of nitrogens with one attached hydrogen (secondary N) is 1. The molecule has 3 rings (SSSR count). The van der Waals surface area contributed by atoms with Crippen LogP contribution in [0.25, 0.3) is 15.7 Å². The minimum atomic E-state index is -1.26. The summed E-state index contributed by atoms with van der Waals surface area (Å²) < 4.78 is 0. The molecule has 1 aliphatic rings. The third-order valence-electron chi connectivity index (χ3n) is 4.12. The van der Waals surface area contributed by atoms with Crippen molar-refractivity contribution in [2.75, 3.05) is 20.6 Å². The Hall–Kier alpha value is -3.11. The normalized spacial score (nSPS) is 18.4. The molecule has 2 aromatic rings. The number of benzene rings is 1. The number of nitrogens with zero attached hydrogens (tertiary/aromatic N) is 2. The molecule has 1 fully saturated rings. The molecule has 136 valence electrons. The van der Waals surface area contributed by atoms with Crippen molar-refractivity contribution in [2.45, 2.75) is 12.3 Å². The zero-order valence-electron chi connectivity index (χ0n) is 14.6. The predicted molar refractivity (Wildman–Crippen MR) is 98.4 cm³/mol. The maximum atomic E-state index is 9.55. The number of aromatic nitrogens is 1. The van der Waals surface area contributed by atoms with Crippen LogP contribution in [-0.4, -0.2) is 52.7 Å². The first-order chi connectivity index (χ1) is 12.3. The number of carbonyl (C=O) groups is 2. The molecule has 7 heteroatoms. The van der Waals surface area contributed by atoms with E-state index in [0.717, 1.165) is 23.7 Å². The Balaban J connectivity index is 0.000000260. The van der Waals surface area contributed by atoms with Gasteiger partial charge in [-0.1, -0.05) is 6.07 Å². The Bertz CT molecular complexity index is 861. The molecule has 0 unspecified atom stereocenters. The van der Waals surface area contributed by atoms with Crippen LogP contribution < -0.4 is 0 Å². The Morgan fingerprint density at radius 2 is 1.96 bits per heavy atom. The van der Waals surface area contributed by atoms with Crippen LogP contribution in [0.2, 0.25) is 0 Å². The minimum absolute atomic E-state index is 0.558. The van der Waals surface area contributed by atoms with Crippen molar-refractivity contribution in [3.05, 3.63) is 53.5 Å². The third kappa shape index (κ3) is 5.19. The fraction of sp³-hybridized carbons (Fsp3) is 0.316. The van der Waals surface area contributed by atoms with Gasteiger partial charge in [0.15, 0.2) is 5.69 Å². The first-order valence-electron chi connectivity index (χ1n) is 8.09. The number of rotatable bonds is 5. The van der Waals surface area contributed by atoms with Crippen molar-refractivity contribution in [1.29, 1.82) is 0 Å². The molecule has 0 spiro atoms. The summed E-state index contributed by atoms with van der Waals surface area (Å²) in [6, 6.07) is 5.90. The largest absolute Gasteiger partial charge is 0.478 e. The fourth-order valence-corrected chi connectivity index (χ4v) is 2.95. The van der Waals surface area contributed by atoms with E-state index < -0.39 is 11.9 Å². The van der Waals surface area contributed by atoms with E-state index in [9.17, 15) is 9.59 Å². The van der Waals surface area contributed by atoms with Crippen molar-refractivity contribution in [3.63, 3.8) is 0 Å². The highest BCUT2D eigenvalue weighted by Gasteiger charge is 2.39. The second-order valence-corrected chi connectivity index (χ2v) is 6.46. The summed E-state index contributed by atoms with van der Waals surface area (Å²) in [4.78, 5) is 28.2. The maximum Gasteiger partial charge on any atom is 0.328 e. The summed E-state index contributed by atoms with van der Waals surface area (Å²) in [5.41, 5.74) is 3.27. The highest BCUT2D eigenvalue weighted by atomic mass is 16.4. The monoisotopic (exact) mass is 355 g/mol. The van der Waals surface area contributed by atoms with Crippen molar-refractivity contribution in [2.24, 2.45) is 5.92 Å². The van der Waals surface area contributed by atoms with E-state index in [-0.39, 0.29) is 0 Å². The Labute approximate surface area is 151 Å². The van der Waals surface area contributed by atoms with Gasteiger partial charge in [-0.2, -0.15) is 0 Å². The predicted octanol–water partition coefficient (Wildman–Crippen LogP) is 3.10. The average molecular weight is 355 g/mol. The SMILES string of the molecule is O=C(O)/C=C\C(=O)O.[C-]#[N+]c1ccc2[nH]cc([C@@H]3C[C@H]3CN(C)C)c2c1.